The molecule has 2 aromatic rings. The number of ether oxygens (including phenoxy) is 2. The number of rotatable bonds is 8. The van der Waals surface area contributed by atoms with Gasteiger partial charge in [-0.2, -0.15) is 0 Å². The first-order valence-electron chi connectivity index (χ1n) is 8.92. The number of hydrogen-bond donors (Lipinski definition) is 2. The molecule has 28 heavy (non-hydrogen) atoms. The van der Waals surface area contributed by atoms with Gasteiger partial charge in [-0.15, -0.1) is 0 Å². The van der Waals surface area contributed by atoms with Crippen LogP contribution in [0.5, 0.6) is 11.5 Å². The fourth-order valence-electron chi connectivity index (χ4n) is 2.38. The summed E-state index contributed by atoms with van der Waals surface area (Å²) in [6, 6.07) is 14.7. The molecule has 0 aliphatic carbocycles. The van der Waals surface area contributed by atoms with Crippen LogP contribution in [0.3, 0.4) is 0 Å². The first-order chi connectivity index (χ1) is 13.6. The highest BCUT2D eigenvalue weighted by molar-refractivity contribution is 5.88. The van der Waals surface area contributed by atoms with E-state index in [-0.39, 0.29) is 25.0 Å². The molecular formula is C22H24N2O4. The summed E-state index contributed by atoms with van der Waals surface area (Å²) in [7, 11) is 1.62. The number of hydrogen-bond acceptors (Lipinski definition) is 4. The number of carbonyl (C=O) groups is 2. The molecule has 0 radical (unpaired) electrons. The second-order valence-electron chi connectivity index (χ2n) is 5.98. The fourth-order valence-corrected chi connectivity index (χ4v) is 2.38. The predicted molar refractivity (Wildman–Crippen MR) is 108 cm³/mol. The van der Waals surface area contributed by atoms with E-state index < -0.39 is 0 Å². The van der Waals surface area contributed by atoms with Crippen LogP contribution in [-0.4, -0.2) is 32.1 Å². The van der Waals surface area contributed by atoms with E-state index in [0.717, 1.165) is 11.3 Å². The van der Waals surface area contributed by atoms with Gasteiger partial charge in [0.1, 0.15) is 18.1 Å². The van der Waals surface area contributed by atoms with Gasteiger partial charge < -0.3 is 20.1 Å². The SMILES string of the molecule is COc1ccc(CCC(=O)NCC#CCOc2cccc(NC(C)=O)c2)cc1. The Kier molecular flexibility index (Phi) is 8.41. The van der Waals surface area contributed by atoms with Crippen molar-refractivity contribution in [3.05, 3.63) is 54.1 Å². The zero-order valence-corrected chi connectivity index (χ0v) is 16.1. The molecule has 146 valence electrons. The van der Waals surface area contributed by atoms with Gasteiger partial charge in [-0.3, -0.25) is 9.59 Å². The van der Waals surface area contributed by atoms with Crippen molar-refractivity contribution in [2.75, 3.05) is 25.6 Å². The van der Waals surface area contributed by atoms with Crippen LogP contribution in [0.15, 0.2) is 48.5 Å². The van der Waals surface area contributed by atoms with Gasteiger partial charge in [0, 0.05) is 25.1 Å². The monoisotopic (exact) mass is 380 g/mol. The lowest BCUT2D eigenvalue weighted by atomic mass is 10.1. The summed E-state index contributed by atoms with van der Waals surface area (Å²) in [5.41, 5.74) is 1.75. The Bertz CT molecular complexity index is 851. The number of aryl methyl sites for hydroxylation is 1. The Morgan fingerprint density at radius 3 is 2.54 bits per heavy atom. The lowest BCUT2D eigenvalue weighted by molar-refractivity contribution is -0.120. The average Bonchev–Trinajstić information content (AvgIpc) is 2.69. The predicted octanol–water partition coefficient (Wildman–Crippen LogP) is 2.78. The number of amides is 2. The maximum Gasteiger partial charge on any atom is 0.221 e. The van der Waals surface area contributed by atoms with Gasteiger partial charge in [-0.05, 0) is 36.2 Å². The van der Waals surface area contributed by atoms with Gasteiger partial charge in [-0.1, -0.05) is 30.0 Å². The largest absolute Gasteiger partial charge is 0.497 e. The van der Waals surface area contributed by atoms with E-state index in [9.17, 15) is 9.59 Å². The van der Waals surface area contributed by atoms with Gasteiger partial charge in [0.25, 0.3) is 0 Å². The second kappa shape index (κ2) is 11.3. The zero-order chi connectivity index (χ0) is 20.2. The number of nitrogens with one attached hydrogen (secondary N) is 2. The molecule has 0 bridgehead atoms. The molecule has 0 aliphatic heterocycles. The molecule has 0 saturated carbocycles. The van der Waals surface area contributed by atoms with Crippen molar-refractivity contribution in [3.63, 3.8) is 0 Å². The highest BCUT2D eigenvalue weighted by atomic mass is 16.5. The molecule has 0 saturated heterocycles. The lowest BCUT2D eigenvalue weighted by Gasteiger charge is -2.05. The standard InChI is InChI=1S/C22H24N2O4/c1-17(25)24-19-6-5-7-21(16-19)28-15-4-3-14-23-22(26)13-10-18-8-11-20(27-2)12-9-18/h5-9,11-12,16H,10,13-15H2,1-2H3,(H,23,26)(H,24,25). The first kappa shape index (κ1) is 20.8. The van der Waals surface area contributed by atoms with E-state index in [2.05, 4.69) is 22.5 Å². The molecule has 2 amide bonds. The van der Waals surface area contributed by atoms with Gasteiger partial charge in [-0.25, -0.2) is 0 Å². The van der Waals surface area contributed by atoms with Crippen molar-refractivity contribution in [2.24, 2.45) is 0 Å². The lowest BCUT2D eigenvalue weighted by Crippen LogP contribution is -2.23. The molecule has 0 spiro atoms. The number of anilines is 1. The van der Waals surface area contributed by atoms with Crippen LogP contribution in [0.25, 0.3) is 0 Å². The molecule has 0 aromatic heterocycles. The van der Waals surface area contributed by atoms with Gasteiger partial charge >= 0.3 is 0 Å². The molecule has 2 rings (SSSR count). The van der Waals surface area contributed by atoms with E-state index in [1.807, 2.05) is 24.3 Å². The summed E-state index contributed by atoms with van der Waals surface area (Å²) in [6.45, 7) is 1.92. The maximum atomic E-state index is 11.8. The molecule has 6 nitrogen and oxygen atoms in total. The Morgan fingerprint density at radius 2 is 1.82 bits per heavy atom. The molecule has 2 aromatic carbocycles. The molecule has 0 fully saturated rings. The van der Waals surface area contributed by atoms with Crippen molar-refractivity contribution < 1.29 is 19.1 Å². The van der Waals surface area contributed by atoms with Gasteiger partial charge in [0.2, 0.25) is 11.8 Å². The third kappa shape index (κ3) is 7.83. The average molecular weight is 380 g/mol. The summed E-state index contributed by atoms with van der Waals surface area (Å²) in [4.78, 5) is 22.9. The summed E-state index contributed by atoms with van der Waals surface area (Å²) >= 11 is 0. The smallest absolute Gasteiger partial charge is 0.221 e. The van der Waals surface area contributed by atoms with Crippen molar-refractivity contribution in [1.82, 2.24) is 5.32 Å². The van der Waals surface area contributed by atoms with Crippen molar-refractivity contribution in [2.45, 2.75) is 19.8 Å². The highest BCUT2D eigenvalue weighted by Gasteiger charge is 2.01. The normalized spacial score (nSPS) is 9.64. The van der Waals surface area contributed by atoms with Crippen LogP contribution in [0.4, 0.5) is 5.69 Å². The Labute approximate surface area is 165 Å². The minimum atomic E-state index is -0.139. The van der Waals surface area contributed by atoms with Crippen molar-refractivity contribution >= 4 is 17.5 Å². The summed E-state index contributed by atoms with van der Waals surface area (Å²) in [6.07, 6.45) is 1.07. The van der Waals surface area contributed by atoms with Crippen LogP contribution in [-0.2, 0) is 16.0 Å². The molecule has 0 unspecified atom stereocenters. The quantitative estimate of drug-likeness (QED) is 0.691. The Balaban J connectivity index is 1.64. The van der Waals surface area contributed by atoms with Crippen molar-refractivity contribution in [3.8, 4) is 23.3 Å². The molecule has 0 heterocycles. The molecular weight excluding hydrogens is 356 g/mol. The number of benzene rings is 2. The molecule has 2 N–H and O–H groups in total. The second-order valence-corrected chi connectivity index (χ2v) is 5.98. The first-order valence-corrected chi connectivity index (χ1v) is 8.92. The number of carbonyl (C=O) groups excluding carboxylic acids is 2. The van der Waals surface area contributed by atoms with Crippen LogP contribution in [0.1, 0.15) is 18.9 Å². The number of methoxy groups -OCH3 is 1. The third-order valence-electron chi connectivity index (χ3n) is 3.76. The summed E-state index contributed by atoms with van der Waals surface area (Å²) < 4.78 is 10.6. The van der Waals surface area contributed by atoms with E-state index in [4.69, 9.17) is 9.47 Å². The van der Waals surface area contributed by atoms with Crippen LogP contribution in [0, 0.1) is 11.8 Å². The Morgan fingerprint density at radius 1 is 1.04 bits per heavy atom. The molecule has 0 atom stereocenters. The highest BCUT2D eigenvalue weighted by Crippen LogP contribution is 2.17. The molecule has 0 aliphatic rings. The Hall–Kier alpha value is -3.46. The van der Waals surface area contributed by atoms with Crippen LogP contribution in [0.2, 0.25) is 0 Å². The van der Waals surface area contributed by atoms with Gasteiger partial charge in [0.15, 0.2) is 0 Å². The minimum absolute atomic E-state index is 0.0472. The third-order valence-corrected chi connectivity index (χ3v) is 3.76. The van der Waals surface area contributed by atoms with E-state index in [1.165, 1.54) is 6.92 Å². The van der Waals surface area contributed by atoms with Crippen LogP contribution >= 0.6 is 0 Å². The molecule has 6 heteroatoms. The van der Waals surface area contributed by atoms with Crippen molar-refractivity contribution in [1.29, 1.82) is 0 Å². The van der Waals surface area contributed by atoms with Gasteiger partial charge in [0.05, 0.1) is 13.7 Å². The minimum Gasteiger partial charge on any atom is -0.497 e. The van der Waals surface area contributed by atoms with Crippen LogP contribution < -0.4 is 20.1 Å². The van der Waals surface area contributed by atoms with E-state index in [1.54, 1.807) is 31.4 Å². The maximum absolute atomic E-state index is 11.8. The summed E-state index contributed by atoms with van der Waals surface area (Å²) in [5.74, 6) is 6.93. The van der Waals surface area contributed by atoms with E-state index in [0.29, 0.717) is 24.3 Å². The summed E-state index contributed by atoms with van der Waals surface area (Å²) in [5, 5.41) is 5.45. The van der Waals surface area contributed by atoms with E-state index >= 15 is 0 Å². The topological polar surface area (TPSA) is 76.7 Å². The fraction of sp³-hybridized carbons (Fsp3) is 0.273. The zero-order valence-electron chi connectivity index (χ0n) is 16.1.